The summed E-state index contributed by atoms with van der Waals surface area (Å²) in [7, 11) is 0. The third-order valence-electron chi connectivity index (χ3n) is 3.67. The number of imidazole rings is 1. The molecule has 0 radical (unpaired) electrons. The predicted molar refractivity (Wildman–Crippen MR) is 78.6 cm³/mol. The van der Waals surface area contributed by atoms with Crippen molar-refractivity contribution in [3.63, 3.8) is 0 Å². The van der Waals surface area contributed by atoms with Gasteiger partial charge in [-0.15, -0.1) is 0 Å². The van der Waals surface area contributed by atoms with Gasteiger partial charge in [0.25, 0.3) is 0 Å². The van der Waals surface area contributed by atoms with Gasteiger partial charge in [0.15, 0.2) is 0 Å². The zero-order valence-corrected chi connectivity index (χ0v) is 12.8. The molecule has 9 heteroatoms. The summed E-state index contributed by atoms with van der Waals surface area (Å²) in [6.07, 6.45) is 3.96. The molecule has 1 aliphatic heterocycles. The fourth-order valence-corrected chi connectivity index (χ4v) is 2.57. The summed E-state index contributed by atoms with van der Waals surface area (Å²) in [6.45, 7) is 2.80. The number of nitrogens with zero attached hydrogens (tertiary/aromatic N) is 4. The van der Waals surface area contributed by atoms with Gasteiger partial charge in [0.05, 0.1) is 25.3 Å². The Morgan fingerprint density at radius 3 is 3.00 bits per heavy atom. The molecule has 0 aromatic carbocycles. The van der Waals surface area contributed by atoms with Crippen LogP contribution in [0.5, 0.6) is 0 Å². The highest BCUT2D eigenvalue weighted by Crippen LogP contribution is 2.17. The fourth-order valence-electron chi connectivity index (χ4n) is 2.57. The molecule has 0 aliphatic carbocycles. The van der Waals surface area contributed by atoms with Crippen LogP contribution in [-0.2, 0) is 4.84 Å². The van der Waals surface area contributed by atoms with Crippen molar-refractivity contribution in [2.75, 3.05) is 19.7 Å². The molecule has 124 valence electrons. The van der Waals surface area contributed by atoms with Gasteiger partial charge >= 0.3 is 5.97 Å². The van der Waals surface area contributed by atoms with Crippen molar-refractivity contribution in [3.8, 4) is 6.07 Å². The molecule has 9 nitrogen and oxygen atoms in total. The van der Waals surface area contributed by atoms with Gasteiger partial charge in [-0.25, -0.2) is 9.78 Å². The van der Waals surface area contributed by atoms with E-state index < -0.39 is 11.9 Å². The Morgan fingerprint density at radius 2 is 2.35 bits per heavy atom. The summed E-state index contributed by atoms with van der Waals surface area (Å²) in [4.78, 5) is 33.9. The number of hydrogen-bond donors (Lipinski definition) is 2. The number of carbonyl (C=O) groups is 2. The number of rotatable bonds is 6. The highest BCUT2D eigenvalue weighted by Gasteiger charge is 2.30. The van der Waals surface area contributed by atoms with E-state index >= 15 is 0 Å². The highest BCUT2D eigenvalue weighted by molar-refractivity contribution is 5.91. The lowest BCUT2D eigenvalue weighted by Crippen LogP contribution is -2.52. The Hall–Kier alpha value is -2.28. The Balaban J connectivity index is 2.05. The van der Waals surface area contributed by atoms with Crippen LogP contribution in [0.3, 0.4) is 0 Å². The maximum absolute atomic E-state index is 12.3. The Morgan fingerprint density at radius 1 is 1.57 bits per heavy atom. The molecule has 0 saturated carbocycles. The highest BCUT2D eigenvalue weighted by atomic mass is 16.6. The van der Waals surface area contributed by atoms with Gasteiger partial charge < -0.3 is 9.94 Å². The second kappa shape index (κ2) is 7.82. The molecule has 2 atom stereocenters. The van der Waals surface area contributed by atoms with E-state index in [4.69, 9.17) is 9.94 Å². The predicted octanol–water partition coefficient (Wildman–Crippen LogP) is 0.119. The summed E-state index contributed by atoms with van der Waals surface area (Å²) in [6, 6.07) is 1.83. The van der Waals surface area contributed by atoms with Crippen molar-refractivity contribution in [2.24, 2.45) is 0 Å². The lowest BCUT2D eigenvalue weighted by Gasteiger charge is -2.35. The molecule has 2 heterocycles. The van der Waals surface area contributed by atoms with E-state index in [1.807, 2.05) is 6.92 Å². The van der Waals surface area contributed by atoms with Crippen molar-refractivity contribution in [1.29, 1.82) is 5.26 Å². The first kappa shape index (κ1) is 17.1. The van der Waals surface area contributed by atoms with E-state index in [1.54, 1.807) is 4.90 Å². The third kappa shape index (κ3) is 4.13. The number of likely N-dealkylation sites (tertiary alicyclic amines) is 1. The van der Waals surface area contributed by atoms with E-state index in [0.717, 1.165) is 11.0 Å². The van der Waals surface area contributed by atoms with Crippen LogP contribution in [0, 0.1) is 11.3 Å². The Bertz CT molecular complexity index is 609. The first-order valence-electron chi connectivity index (χ1n) is 7.37. The van der Waals surface area contributed by atoms with Crippen molar-refractivity contribution < 1.29 is 19.5 Å². The van der Waals surface area contributed by atoms with Crippen LogP contribution in [0.15, 0.2) is 12.4 Å². The minimum absolute atomic E-state index is 0.0223. The summed E-state index contributed by atoms with van der Waals surface area (Å²) in [5, 5.41) is 18.3. The maximum Gasteiger partial charge on any atom is 0.372 e. The number of nitrogens with one attached hydrogen (secondary N) is 1. The van der Waals surface area contributed by atoms with Crippen LogP contribution in [0.2, 0.25) is 0 Å². The molecule has 1 aliphatic rings. The minimum Gasteiger partial charge on any atom is -0.475 e. The van der Waals surface area contributed by atoms with E-state index in [0.29, 0.717) is 19.6 Å². The number of aromatic nitrogens is 2. The standard InChI is InChI=1S/C14H19N5O4/c1-2-23-17-10-3-4-11(7-15)18(8-10)9-12(20)19-6-5-16-13(19)14(21)22/h5-6,10-11,17H,2-4,8-9H2,1H3,(H,21,22)/t10-,11+/m1/s1. The monoisotopic (exact) mass is 321 g/mol. The number of hydroxylamine groups is 1. The van der Waals surface area contributed by atoms with Crippen LogP contribution < -0.4 is 5.48 Å². The van der Waals surface area contributed by atoms with Gasteiger partial charge in [-0.3, -0.25) is 14.3 Å². The van der Waals surface area contributed by atoms with E-state index in [9.17, 15) is 14.9 Å². The van der Waals surface area contributed by atoms with E-state index in [1.165, 1.54) is 12.4 Å². The summed E-state index contributed by atoms with van der Waals surface area (Å²) in [5.41, 5.74) is 2.91. The molecule has 1 saturated heterocycles. The number of nitriles is 1. The number of hydrogen-bond acceptors (Lipinski definition) is 7. The van der Waals surface area contributed by atoms with Crippen molar-refractivity contribution >= 4 is 11.9 Å². The topological polar surface area (TPSA) is 120 Å². The van der Waals surface area contributed by atoms with Gasteiger partial charge in [-0.1, -0.05) is 0 Å². The van der Waals surface area contributed by atoms with Crippen LogP contribution >= 0.6 is 0 Å². The molecular weight excluding hydrogens is 302 g/mol. The number of carboxylic acids is 1. The average Bonchev–Trinajstić information content (AvgIpc) is 3.03. The average molecular weight is 321 g/mol. The smallest absolute Gasteiger partial charge is 0.372 e. The zero-order chi connectivity index (χ0) is 16.8. The number of aromatic carboxylic acids is 1. The molecule has 1 fully saturated rings. The molecular formula is C14H19N5O4. The minimum atomic E-state index is -1.27. The number of carbonyl (C=O) groups excluding carboxylic acids is 1. The molecule has 2 rings (SSSR count). The van der Waals surface area contributed by atoms with Crippen molar-refractivity contribution in [1.82, 2.24) is 19.9 Å². The largest absolute Gasteiger partial charge is 0.475 e. The summed E-state index contributed by atoms with van der Waals surface area (Å²) < 4.78 is 0.996. The lowest BCUT2D eigenvalue weighted by atomic mass is 9.99. The summed E-state index contributed by atoms with van der Waals surface area (Å²) in [5.74, 6) is -2.03. The fraction of sp³-hybridized carbons (Fsp3) is 0.571. The van der Waals surface area contributed by atoms with Crippen molar-refractivity contribution in [2.45, 2.75) is 31.8 Å². The number of carboxylic acid groups (broad SMARTS) is 1. The van der Waals surface area contributed by atoms with Crippen LogP contribution in [0.4, 0.5) is 0 Å². The molecule has 0 bridgehead atoms. The third-order valence-corrected chi connectivity index (χ3v) is 3.67. The van der Waals surface area contributed by atoms with Crippen LogP contribution in [0.25, 0.3) is 0 Å². The lowest BCUT2D eigenvalue weighted by molar-refractivity contribution is -0.00240. The Labute approximate surface area is 133 Å². The SMILES string of the molecule is CCON[C@@H]1CC[C@@H](C#N)N(CC(=O)n2ccnc2C(=O)O)C1. The maximum atomic E-state index is 12.3. The quantitative estimate of drug-likeness (QED) is 0.709. The normalized spacial score (nSPS) is 21.7. The first-order chi connectivity index (χ1) is 11.1. The van der Waals surface area contributed by atoms with Gasteiger partial charge in [-0.2, -0.15) is 10.7 Å². The summed E-state index contributed by atoms with van der Waals surface area (Å²) >= 11 is 0. The van der Waals surface area contributed by atoms with Crippen LogP contribution in [0.1, 0.15) is 35.2 Å². The van der Waals surface area contributed by atoms with E-state index in [-0.39, 0.29) is 24.5 Å². The van der Waals surface area contributed by atoms with Gasteiger partial charge in [-0.05, 0) is 19.8 Å². The molecule has 23 heavy (non-hydrogen) atoms. The van der Waals surface area contributed by atoms with Crippen LogP contribution in [-0.4, -0.2) is 63.2 Å². The molecule has 0 unspecified atom stereocenters. The number of piperidine rings is 1. The van der Waals surface area contributed by atoms with Gasteiger partial charge in [0.2, 0.25) is 11.7 Å². The van der Waals surface area contributed by atoms with Crippen molar-refractivity contribution in [3.05, 3.63) is 18.2 Å². The zero-order valence-electron chi connectivity index (χ0n) is 12.8. The second-order valence-corrected chi connectivity index (χ2v) is 5.22. The second-order valence-electron chi connectivity index (χ2n) is 5.22. The van der Waals surface area contributed by atoms with Gasteiger partial charge in [0.1, 0.15) is 0 Å². The molecule has 0 amide bonds. The first-order valence-corrected chi connectivity index (χ1v) is 7.37. The molecule has 1 aromatic rings. The molecule has 1 aromatic heterocycles. The van der Waals surface area contributed by atoms with Gasteiger partial charge in [0, 0.05) is 25.0 Å². The van der Waals surface area contributed by atoms with E-state index in [2.05, 4.69) is 16.5 Å². The molecule has 0 spiro atoms. The Kier molecular flexibility index (Phi) is 5.81. The molecule has 2 N–H and O–H groups in total.